The van der Waals surface area contributed by atoms with E-state index in [1.165, 1.54) is 5.56 Å². The summed E-state index contributed by atoms with van der Waals surface area (Å²) in [6.07, 6.45) is 5.51. The summed E-state index contributed by atoms with van der Waals surface area (Å²) < 4.78 is 5.54. The van der Waals surface area contributed by atoms with Crippen molar-refractivity contribution < 1.29 is 4.74 Å². The van der Waals surface area contributed by atoms with Gasteiger partial charge in [0.2, 0.25) is 0 Å². The molecule has 1 saturated heterocycles. The van der Waals surface area contributed by atoms with Crippen molar-refractivity contribution in [1.82, 2.24) is 15.0 Å². The standard InChI is InChI=1S/C19H20N4O/c1-2-4-15(5-3-1)17(12-14-8-11-24-13-14)22-18-7-6-16-19(23-18)21-10-9-20-16/h1-7,9-10,14,17H,8,11-13H2,(H,21,22,23). The molecule has 4 rings (SSSR count). The van der Waals surface area contributed by atoms with Crippen LogP contribution in [-0.2, 0) is 4.74 Å². The number of aromatic nitrogens is 3. The molecule has 1 aliphatic rings. The Morgan fingerprint density at radius 1 is 1.08 bits per heavy atom. The maximum absolute atomic E-state index is 5.54. The Bertz CT molecular complexity index is 803. The van der Waals surface area contributed by atoms with Gasteiger partial charge in [-0.15, -0.1) is 0 Å². The van der Waals surface area contributed by atoms with E-state index in [0.717, 1.165) is 37.4 Å². The van der Waals surface area contributed by atoms with Crippen molar-refractivity contribution in [2.45, 2.75) is 18.9 Å². The zero-order chi connectivity index (χ0) is 16.2. The molecular formula is C19H20N4O. The Balaban J connectivity index is 1.59. The van der Waals surface area contributed by atoms with Crippen LogP contribution in [-0.4, -0.2) is 28.2 Å². The predicted octanol–water partition coefficient (Wildman–Crippen LogP) is 3.60. The lowest BCUT2D eigenvalue weighted by molar-refractivity contribution is 0.183. The maximum Gasteiger partial charge on any atom is 0.180 e. The van der Waals surface area contributed by atoms with Crippen LogP contribution in [0.3, 0.4) is 0 Å². The van der Waals surface area contributed by atoms with Crippen LogP contribution in [0.25, 0.3) is 11.2 Å². The van der Waals surface area contributed by atoms with Crippen molar-refractivity contribution in [1.29, 1.82) is 0 Å². The van der Waals surface area contributed by atoms with E-state index < -0.39 is 0 Å². The number of hydrogen-bond acceptors (Lipinski definition) is 5. The third-order valence-electron chi connectivity index (χ3n) is 4.45. The third-order valence-corrected chi connectivity index (χ3v) is 4.45. The summed E-state index contributed by atoms with van der Waals surface area (Å²) in [5, 5.41) is 3.58. The second kappa shape index (κ2) is 6.93. The van der Waals surface area contributed by atoms with E-state index in [0.29, 0.717) is 11.6 Å². The number of anilines is 1. The molecule has 1 aromatic carbocycles. The number of pyridine rings is 1. The van der Waals surface area contributed by atoms with Crippen LogP contribution < -0.4 is 5.32 Å². The van der Waals surface area contributed by atoms with Crippen molar-refractivity contribution in [2.24, 2.45) is 5.92 Å². The van der Waals surface area contributed by atoms with Crippen LogP contribution in [0.5, 0.6) is 0 Å². The van der Waals surface area contributed by atoms with Gasteiger partial charge in [-0.1, -0.05) is 30.3 Å². The molecule has 1 N–H and O–H groups in total. The highest BCUT2D eigenvalue weighted by Gasteiger charge is 2.22. The molecule has 2 aromatic heterocycles. The van der Waals surface area contributed by atoms with Gasteiger partial charge in [-0.05, 0) is 36.5 Å². The predicted molar refractivity (Wildman–Crippen MR) is 93.7 cm³/mol. The monoisotopic (exact) mass is 320 g/mol. The summed E-state index contributed by atoms with van der Waals surface area (Å²) in [5.41, 5.74) is 2.74. The summed E-state index contributed by atoms with van der Waals surface area (Å²) in [7, 11) is 0. The number of ether oxygens (including phenoxy) is 1. The summed E-state index contributed by atoms with van der Waals surface area (Å²) in [5.74, 6) is 1.42. The number of rotatable bonds is 5. The fraction of sp³-hybridized carbons (Fsp3) is 0.316. The normalized spacial score (nSPS) is 18.6. The first kappa shape index (κ1) is 15.0. The van der Waals surface area contributed by atoms with Crippen molar-refractivity contribution in [3.8, 4) is 0 Å². The molecule has 2 unspecified atom stereocenters. The Labute approximate surface area is 141 Å². The van der Waals surface area contributed by atoms with E-state index in [4.69, 9.17) is 4.74 Å². The Hall–Kier alpha value is -2.53. The highest BCUT2D eigenvalue weighted by atomic mass is 16.5. The van der Waals surface area contributed by atoms with Crippen LogP contribution in [0.2, 0.25) is 0 Å². The van der Waals surface area contributed by atoms with Gasteiger partial charge in [0, 0.05) is 25.6 Å². The first-order valence-corrected chi connectivity index (χ1v) is 8.35. The molecular weight excluding hydrogens is 300 g/mol. The number of nitrogens with zero attached hydrogens (tertiary/aromatic N) is 3. The second-order valence-electron chi connectivity index (χ2n) is 6.17. The van der Waals surface area contributed by atoms with Crippen LogP contribution in [0, 0.1) is 5.92 Å². The molecule has 0 saturated carbocycles. The minimum absolute atomic E-state index is 0.208. The van der Waals surface area contributed by atoms with E-state index in [1.54, 1.807) is 12.4 Å². The van der Waals surface area contributed by atoms with Crippen LogP contribution in [0.1, 0.15) is 24.4 Å². The molecule has 0 amide bonds. The van der Waals surface area contributed by atoms with Gasteiger partial charge < -0.3 is 10.1 Å². The summed E-state index contributed by atoms with van der Waals surface area (Å²) in [4.78, 5) is 13.2. The Morgan fingerprint density at radius 2 is 1.96 bits per heavy atom. The molecule has 1 aliphatic heterocycles. The van der Waals surface area contributed by atoms with Crippen LogP contribution >= 0.6 is 0 Å². The smallest absolute Gasteiger partial charge is 0.180 e. The van der Waals surface area contributed by atoms with Gasteiger partial charge in [0.15, 0.2) is 5.65 Å². The molecule has 0 aliphatic carbocycles. The first-order valence-electron chi connectivity index (χ1n) is 8.35. The fourth-order valence-corrected chi connectivity index (χ4v) is 3.18. The average molecular weight is 320 g/mol. The lowest BCUT2D eigenvalue weighted by Crippen LogP contribution is -2.16. The molecule has 1 fully saturated rings. The van der Waals surface area contributed by atoms with Gasteiger partial charge in [0.25, 0.3) is 0 Å². The number of hydrogen-bond donors (Lipinski definition) is 1. The molecule has 3 aromatic rings. The third kappa shape index (κ3) is 3.36. The van der Waals surface area contributed by atoms with Gasteiger partial charge in [-0.25, -0.2) is 9.97 Å². The van der Waals surface area contributed by atoms with Crippen molar-refractivity contribution in [3.63, 3.8) is 0 Å². The van der Waals surface area contributed by atoms with Crippen molar-refractivity contribution in [2.75, 3.05) is 18.5 Å². The van der Waals surface area contributed by atoms with E-state index in [9.17, 15) is 0 Å². The van der Waals surface area contributed by atoms with Gasteiger partial charge in [-0.2, -0.15) is 0 Å². The van der Waals surface area contributed by atoms with E-state index in [-0.39, 0.29) is 6.04 Å². The molecule has 24 heavy (non-hydrogen) atoms. The highest BCUT2D eigenvalue weighted by molar-refractivity contribution is 5.71. The molecule has 0 spiro atoms. The number of nitrogens with one attached hydrogen (secondary N) is 1. The Morgan fingerprint density at radius 3 is 2.79 bits per heavy atom. The van der Waals surface area contributed by atoms with E-state index in [1.807, 2.05) is 18.2 Å². The molecule has 5 nitrogen and oxygen atoms in total. The zero-order valence-corrected chi connectivity index (χ0v) is 13.4. The fourth-order valence-electron chi connectivity index (χ4n) is 3.18. The lowest BCUT2D eigenvalue weighted by Gasteiger charge is -2.22. The average Bonchev–Trinajstić information content (AvgIpc) is 3.15. The summed E-state index contributed by atoms with van der Waals surface area (Å²) in [6, 6.07) is 14.7. The topological polar surface area (TPSA) is 59.9 Å². The van der Waals surface area contributed by atoms with E-state index in [2.05, 4.69) is 44.5 Å². The largest absolute Gasteiger partial charge is 0.381 e. The second-order valence-corrected chi connectivity index (χ2v) is 6.17. The first-order chi connectivity index (χ1) is 11.9. The summed E-state index contributed by atoms with van der Waals surface area (Å²) in [6.45, 7) is 1.72. The minimum Gasteiger partial charge on any atom is -0.381 e. The van der Waals surface area contributed by atoms with E-state index >= 15 is 0 Å². The maximum atomic E-state index is 5.54. The Kier molecular flexibility index (Phi) is 4.34. The highest BCUT2D eigenvalue weighted by Crippen LogP contribution is 2.29. The van der Waals surface area contributed by atoms with Crippen LogP contribution in [0.15, 0.2) is 54.9 Å². The summed E-state index contributed by atoms with van der Waals surface area (Å²) >= 11 is 0. The van der Waals surface area contributed by atoms with Gasteiger partial charge in [0.1, 0.15) is 11.3 Å². The quantitative estimate of drug-likeness (QED) is 0.778. The molecule has 3 heterocycles. The molecule has 122 valence electrons. The van der Waals surface area contributed by atoms with Crippen LogP contribution in [0.4, 0.5) is 5.82 Å². The number of fused-ring (bicyclic) bond motifs is 1. The zero-order valence-electron chi connectivity index (χ0n) is 13.4. The number of benzene rings is 1. The van der Waals surface area contributed by atoms with Gasteiger partial charge in [0.05, 0.1) is 6.04 Å². The molecule has 5 heteroatoms. The molecule has 2 atom stereocenters. The van der Waals surface area contributed by atoms with Crippen molar-refractivity contribution >= 4 is 17.0 Å². The SMILES string of the molecule is c1ccc(C(CC2CCOC2)Nc2ccc3nccnc3n2)cc1. The van der Waals surface area contributed by atoms with Gasteiger partial charge >= 0.3 is 0 Å². The minimum atomic E-state index is 0.208. The molecule has 0 bridgehead atoms. The van der Waals surface area contributed by atoms with Crippen molar-refractivity contribution in [3.05, 3.63) is 60.4 Å². The lowest BCUT2D eigenvalue weighted by atomic mass is 9.94. The molecule has 0 radical (unpaired) electrons. The van der Waals surface area contributed by atoms with Gasteiger partial charge in [-0.3, -0.25) is 4.98 Å².